The molecule has 128 valence electrons. The predicted molar refractivity (Wildman–Crippen MR) is 94.3 cm³/mol. The van der Waals surface area contributed by atoms with Crippen LogP contribution in [0.15, 0.2) is 42.5 Å². The van der Waals surface area contributed by atoms with Gasteiger partial charge < -0.3 is 5.73 Å². The Hall–Kier alpha value is -2.12. The molecule has 1 aliphatic rings. The van der Waals surface area contributed by atoms with E-state index in [2.05, 4.69) is 0 Å². The number of benzene rings is 2. The molecule has 2 aromatic carbocycles. The first-order valence-corrected chi connectivity index (χ1v) is 9.25. The summed E-state index contributed by atoms with van der Waals surface area (Å²) < 4.78 is 42.9. The first kappa shape index (κ1) is 16.7. The van der Waals surface area contributed by atoms with Crippen LogP contribution in [0, 0.1) is 12.7 Å². The molecule has 5 nitrogen and oxygen atoms in total. The molecular formula is C17H20FN3O2S. The van der Waals surface area contributed by atoms with E-state index in [9.17, 15) is 12.8 Å². The molecule has 0 saturated carbocycles. The Morgan fingerprint density at radius 3 is 2.42 bits per heavy atom. The van der Waals surface area contributed by atoms with Crippen LogP contribution in [0.1, 0.15) is 18.4 Å². The SMILES string of the molecule is Cc1ccc(N2c3ccccc3N(CCCCN)S2(=O)=O)c(F)c1. The second-order valence-corrected chi connectivity index (χ2v) is 7.49. The lowest BCUT2D eigenvalue weighted by molar-refractivity contribution is 0.588. The summed E-state index contributed by atoms with van der Waals surface area (Å²) in [6.07, 6.45) is 1.38. The number of para-hydroxylation sites is 2. The lowest BCUT2D eigenvalue weighted by atomic mass is 10.2. The van der Waals surface area contributed by atoms with Gasteiger partial charge in [-0.2, -0.15) is 8.42 Å². The van der Waals surface area contributed by atoms with Gasteiger partial charge in [-0.3, -0.25) is 4.31 Å². The maximum absolute atomic E-state index is 14.4. The Balaban J connectivity index is 2.10. The zero-order valence-electron chi connectivity index (χ0n) is 13.4. The topological polar surface area (TPSA) is 66.6 Å². The fourth-order valence-electron chi connectivity index (χ4n) is 2.86. The molecule has 2 aromatic rings. The number of nitrogens with zero attached hydrogens (tertiary/aromatic N) is 2. The van der Waals surface area contributed by atoms with Crippen LogP contribution in [0.4, 0.5) is 21.5 Å². The Labute approximate surface area is 141 Å². The molecule has 0 bridgehead atoms. The fourth-order valence-corrected chi connectivity index (χ4v) is 4.62. The van der Waals surface area contributed by atoms with E-state index < -0.39 is 16.0 Å². The van der Waals surface area contributed by atoms with Crippen molar-refractivity contribution in [2.24, 2.45) is 5.73 Å². The highest BCUT2D eigenvalue weighted by Gasteiger charge is 2.41. The molecule has 3 rings (SSSR count). The van der Waals surface area contributed by atoms with Gasteiger partial charge in [0.05, 0.1) is 17.1 Å². The average Bonchev–Trinajstić information content (AvgIpc) is 2.76. The van der Waals surface area contributed by atoms with Gasteiger partial charge >= 0.3 is 10.2 Å². The van der Waals surface area contributed by atoms with Crippen molar-refractivity contribution in [1.82, 2.24) is 0 Å². The Kier molecular flexibility index (Phi) is 4.47. The van der Waals surface area contributed by atoms with Crippen LogP contribution < -0.4 is 14.3 Å². The predicted octanol–water partition coefficient (Wildman–Crippen LogP) is 3.08. The molecule has 2 N–H and O–H groups in total. The van der Waals surface area contributed by atoms with Gasteiger partial charge in [-0.15, -0.1) is 0 Å². The number of anilines is 3. The Morgan fingerprint density at radius 2 is 1.75 bits per heavy atom. The Morgan fingerprint density at radius 1 is 1.04 bits per heavy atom. The summed E-state index contributed by atoms with van der Waals surface area (Å²) >= 11 is 0. The third-order valence-electron chi connectivity index (χ3n) is 4.02. The summed E-state index contributed by atoms with van der Waals surface area (Å²) in [7, 11) is -3.87. The maximum atomic E-state index is 14.4. The molecule has 0 unspecified atom stereocenters. The molecule has 0 aromatic heterocycles. The van der Waals surface area contributed by atoms with E-state index in [1.807, 2.05) is 0 Å². The lowest BCUT2D eigenvalue weighted by Crippen LogP contribution is -2.36. The van der Waals surface area contributed by atoms with Crippen molar-refractivity contribution in [3.63, 3.8) is 0 Å². The minimum Gasteiger partial charge on any atom is -0.330 e. The van der Waals surface area contributed by atoms with Crippen LogP contribution in [-0.2, 0) is 10.2 Å². The van der Waals surface area contributed by atoms with Gasteiger partial charge in [0.25, 0.3) is 0 Å². The highest BCUT2D eigenvalue weighted by atomic mass is 32.2. The first-order chi connectivity index (χ1) is 11.5. The number of aryl methyl sites for hydroxylation is 1. The second-order valence-electron chi connectivity index (χ2n) is 5.78. The standard InChI is InChI=1S/C17H20FN3O2S/c1-13-8-9-15(14(18)12-13)21-17-7-3-2-6-16(17)20(24(21,22)23)11-5-4-10-19/h2-3,6-9,12H,4-5,10-11,19H2,1H3. The molecule has 1 heterocycles. The van der Waals surface area contributed by atoms with Crippen molar-refractivity contribution in [1.29, 1.82) is 0 Å². The van der Waals surface area contributed by atoms with Gasteiger partial charge in [0, 0.05) is 6.54 Å². The van der Waals surface area contributed by atoms with Crippen LogP contribution in [0.2, 0.25) is 0 Å². The van der Waals surface area contributed by atoms with Crippen molar-refractivity contribution >= 4 is 27.3 Å². The molecular weight excluding hydrogens is 329 g/mol. The molecule has 0 atom stereocenters. The van der Waals surface area contributed by atoms with E-state index >= 15 is 0 Å². The van der Waals surface area contributed by atoms with Gasteiger partial charge in [-0.25, -0.2) is 8.70 Å². The number of halogens is 1. The third-order valence-corrected chi connectivity index (χ3v) is 5.81. The van der Waals surface area contributed by atoms with E-state index in [1.165, 1.54) is 16.4 Å². The summed E-state index contributed by atoms with van der Waals surface area (Å²) in [5.74, 6) is -0.558. The molecule has 0 fully saturated rings. The molecule has 7 heteroatoms. The quantitative estimate of drug-likeness (QED) is 0.844. The minimum absolute atomic E-state index is 0.0365. The van der Waals surface area contributed by atoms with Crippen molar-refractivity contribution in [2.75, 3.05) is 21.7 Å². The average molecular weight is 349 g/mol. The van der Waals surface area contributed by atoms with Crippen molar-refractivity contribution in [3.05, 3.63) is 53.8 Å². The number of fused-ring (bicyclic) bond motifs is 1. The van der Waals surface area contributed by atoms with Gasteiger partial charge in [0.2, 0.25) is 0 Å². The maximum Gasteiger partial charge on any atom is 0.331 e. The number of hydrogen-bond donors (Lipinski definition) is 1. The van der Waals surface area contributed by atoms with Gasteiger partial charge in [-0.05, 0) is 56.1 Å². The van der Waals surface area contributed by atoms with E-state index in [-0.39, 0.29) is 5.69 Å². The molecule has 0 aliphatic carbocycles. The number of hydrogen-bond acceptors (Lipinski definition) is 3. The second kappa shape index (κ2) is 6.41. The zero-order valence-corrected chi connectivity index (χ0v) is 14.3. The summed E-state index contributed by atoms with van der Waals surface area (Å²) in [6.45, 7) is 2.59. The van der Waals surface area contributed by atoms with E-state index in [1.54, 1.807) is 37.3 Å². The van der Waals surface area contributed by atoms with E-state index in [0.29, 0.717) is 30.9 Å². The fraction of sp³-hybridized carbons (Fsp3) is 0.294. The molecule has 0 spiro atoms. The minimum atomic E-state index is -3.87. The summed E-state index contributed by atoms with van der Waals surface area (Å²) in [5.41, 5.74) is 7.30. The molecule has 0 saturated heterocycles. The first-order valence-electron chi connectivity index (χ1n) is 7.85. The van der Waals surface area contributed by atoms with Gasteiger partial charge in [0.1, 0.15) is 5.82 Å². The summed E-state index contributed by atoms with van der Waals surface area (Å²) in [5, 5.41) is 0. The van der Waals surface area contributed by atoms with Crippen LogP contribution in [0.25, 0.3) is 0 Å². The molecule has 1 aliphatic heterocycles. The highest BCUT2D eigenvalue weighted by molar-refractivity contribution is 7.95. The number of nitrogens with two attached hydrogens (primary N) is 1. The van der Waals surface area contributed by atoms with Crippen LogP contribution in [0.3, 0.4) is 0 Å². The summed E-state index contributed by atoms with van der Waals surface area (Å²) in [6, 6.07) is 11.5. The Bertz CT molecular complexity index is 855. The molecule has 24 heavy (non-hydrogen) atoms. The van der Waals surface area contributed by atoms with E-state index in [0.717, 1.165) is 16.3 Å². The number of rotatable bonds is 5. The van der Waals surface area contributed by atoms with Crippen LogP contribution in [0.5, 0.6) is 0 Å². The van der Waals surface area contributed by atoms with Crippen molar-refractivity contribution in [2.45, 2.75) is 19.8 Å². The zero-order chi connectivity index (χ0) is 17.3. The van der Waals surface area contributed by atoms with Gasteiger partial charge in [0.15, 0.2) is 0 Å². The van der Waals surface area contributed by atoms with Crippen molar-refractivity contribution in [3.8, 4) is 0 Å². The van der Waals surface area contributed by atoms with Crippen LogP contribution in [-0.4, -0.2) is 21.5 Å². The lowest BCUT2D eigenvalue weighted by Gasteiger charge is -2.22. The summed E-state index contributed by atoms with van der Waals surface area (Å²) in [4.78, 5) is 0. The van der Waals surface area contributed by atoms with E-state index in [4.69, 9.17) is 5.73 Å². The van der Waals surface area contributed by atoms with Crippen LogP contribution >= 0.6 is 0 Å². The van der Waals surface area contributed by atoms with Crippen molar-refractivity contribution < 1.29 is 12.8 Å². The number of unbranched alkanes of at least 4 members (excludes halogenated alkanes) is 1. The monoisotopic (exact) mass is 349 g/mol. The third kappa shape index (κ3) is 2.74. The van der Waals surface area contributed by atoms with Gasteiger partial charge in [-0.1, -0.05) is 18.2 Å². The normalized spacial score (nSPS) is 15.6. The highest BCUT2D eigenvalue weighted by Crippen LogP contribution is 2.45. The molecule has 0 radical (unpaired) electrons. The smallest absolute Gasteiger partial charge is 0.330 e. The molecule has 0 amide bonds. The largest absolute Gasteiger partial charge is 0.331 e.